The fourth-order valence-corrected chi connectivity index (χ4v) is 3.72. The van der Waals surface area contributed by atoms with E-state index in [-0.39, 0.29) is 0 Å². The average Bonchev–Trinajstić information content (AvgIpc) is 2.61. The Morgan fingerprint density at radius 3 is 2.92 bits per heavy atom. The molecule has 0 bridgehead atoms. The number of pyridine rings is 2. The quantitative estimate of drug-likeness (QED) is 0.587. The van der Waals surface area contributed by atoms with Crippen LogP contribution in [0.15, 0.2) is 30.5 Å². The summed E-state index contributed by atoms with van der Waals surface area (Å²) in [5.41, 5.74) is 2.27. The summed E-state index contributed by atoms with van der Waals surface area (Å²) in [5, 5.41) is 0.583. The molecule has 2 aromatic heterocycles. The van der Waals surface area contributed by atoms with Crippen molar-refractivity contribution in [2.75, 3.05) is 6.61 Å². The van der Waals surface area contributed by atoms with Crippen molar-refractivity contribution in [2.45, 2.75) is 38.5 Å². The molecule has 4 nitrogen and oxygen atoms in total. The number of carbonyl (C=O) groups is 1. The second-order valence-corrected chi connectivity index (χ2v) is 6.66. The SMILES string of the molecule is Cc1ccc(OCC2CCCCC2c2cccnc2Cl)c(C=O)n1. The van der Waals surface area contributed by atoms with E-state index in [4.69, 9.17) is 16.3 Å². The van der Waals surface area contributed by atoms with Gasteiger partial charge in [0.1, 0.15) is 16.6 Å². The Balaban J connectivity index is 1.75. The highest BCUT2D eigenvalue weighted by molar-refractivity contribution is 6.30. The summed E-state index contributed by atoms with van der Waals surface area (Å²) in [6.45, 7) is 2.42. The second kappa shape index (κ2) is 7.75. The molecular formula is C19H21ClN2O2. The summed E-state index contributed by atoms with van der Waals surface area (Å²) in [6.07, 6.45) is 7.03. The van der Waals surface area contributed by atoms with Crippen LogP contribution in [0.25, 0.3) is 0 Å². The molecule has 0 radical (unpaired) electrons. The van der Waals surface area contributed by atoms with Crippen LogP contribution in [0, 0.1) is 12.8 Å². The molecule has 1 saturated carbocycles. The number of carbonyl (C=O) groups excluding carboxylic acids is 1. The number of ether oxygens (including phenoxy) is 1. The van der Waals surface area contributed by atoms with Gasteiger partial charge in [0.05, 0.1) is 6.61 Å². The Kier molecular flexibility index (Phi) is 5.46. The number of halogens is 1. The van der Waals surface area contributed by atoms with E-state index < -0.39 is 0 Å². The van der Waals surface area contributed by atoms with Gasteiger partial charge in [-0.25, -0.2) is 9.97 Å². The zero-order valence-electron chi connectivity index (χ0n) is 13.7. The first-order chi connectivity index (χ1) is 11.7. The van der Waals surface area contributed by atoms with Crippen LogP contribution >= 0.6 is 11.6 Å². The molecule has 1 aliphatic carbocycles. The average molecular weight is 345 g/mol. The van der Waals surface area contributed by atoms with Gasteiger partial charge in [-0.3, -0.25) is 4.79 Å². The number of hydrogen-bond donors (Lipinski definition) is 0. The fraction of sp³-hybridized carbons (Fsp3) is 0.421. The molecule has 3 rings (SSSR count). The maximum Gasteiger partial charge on any atom is 0.172 e. The molecule has 1 aliphatic rings. The lowest BCUT2D eigenvalue weighted by atomic mass is 9.76. The Bertz CT molecular complexity index is 720. The number of rotatable bonds is 5. The summed E-state index contributed by atoms with van der Waals surface area (Å²) in [5.74, 6) is 1.26. The smallest absolute Gasteiger partial charge is 0.172 e. The van der Waals surface area contributed by atoms with Gasteiger partial charge < -0.3 is 4.74 Å². The normalized spacial score (nSPS) is 20.6. The topological polar surface area (TPSA) is 52.1 Å². The van der Waals surface area contributed by atoms with Crippen molar-refractivity contribution in [1.29, 1.82) is 0 Å². The van der Waals surface area contributed by atoms with Crippen molar-refractivity contribution in [3.8, 4) is 5.75 Å². The Labute approximate surface area is 147 Å². The summed E-state index contributed by atoms with van der Waals surface area (Å²) in [4.78, 5) is 19.6. The van der Waals surface area contributed by atoms with Crippen molar-refractivity contribution in [1.82, 2.24) is 9.97 Å². The van der Waals surface area contributed by atoms with Crippen molar-refractivity contribution < 1.29 is 9.53 Å². The highest BCUT2D eigenvalue weighted by atomic mass is 35.5. The molecule has 0 aliphatic heterocycles. The minimum atomic E-state index is 0.345. The maximum absolute atomic E-state index is 11.2. The van der Waals surface area contributed by atoms with Crippen molar-refractivity contribution in [2.24, 2.45) is 5.92 Å². The van der Waals surface area contributed by atoms with Gasteiger partial charge in [-0.2, -0.15) is 0 Å². The van der Waals surface area contributed by atoms with Crippen LogP contribution in [0.1, 0.15) is 53.3 Å². The fourth-order valence-electron chi connectivity index (χ4n) is 3.46. The molecule has 2 unspecified atom stereocenters. The first-order valence-corrected chi connectivity index (χ1v) is 8.73. The van der Waals surface area contributed by atoms with Gasteiger partial charge in [-0.15, -0.1) is 0 Å². The van der Waals surface area contributed by atoms with E-state index in [1.165, 1.54) is 12.8 Å². The third-order valence-corrected chi connectivity index (χ3v) is 5.00. The first-order valence-electron chi connectivity index (χ1n) is 8.35. The van der Waals surface area contributed by atoms with Gasteiger partial charge in [-0.05, 0) is 55.4 Å². The van der Waals surface area contributed by atoms with E-state index in [0.29, 0.717) is 35.0 Å². The third-order valence-electron chi connectivity index (χ3n) is 4.69. The zero-order chi connectivity index (χ0) is 16.9. The second-order valence-electron chi connectivity index (χ2n) is 6.30. The minimum Gasteiger partial charge on any atom is -0.491 e. The van der Waals surface area contributed by atoms with Crippen LogP contribution < -0.4 is 4.74 Å². The maximum atomic E-state index is 11.2. The molecule has 0 saturated heterocycles. The summed E-state index contributed by atoms with van der Waals surface area (Å²) < 4.78 is 5.96. The highest BCUT2D eigenvalue weighted by Crippen LogP contribution is 2.40. The van der Waals surface area contributed by atoms with Crippen LogP contribution in [0.2, 0.25) is 5.15 Å². The molecule has 1 fully saturated rings. The van der Waals surface area contributed by atoms with Crippen molar-refractivity contribution >= 4 is 17.9 Å². The molecule has 0 spiro atoms. The number of aromatic nitrogens is 2. The van der Waals surface area contributed by atoms with E-state index in [9.17, 15) is 4.79 Å². The number of aldehydes is 1. The standard InChI is InChI=1S/C19H21ClN2O2/c1-13-8-9-18(17(11-23)22-13)24-12-14-5-2-3-6-15(14)16-7-4-10-21-19(16)20/h4,7-11,14-15H,2-3,5-6,12H2,1H3. The van der Waals surface area contributed by atoms with Crippen LogP contribution in [-0.4, -0.2) is 22.9 Å². The Morgan fingerprint density at radius 1 is 1.29 bits per heavy atom. The zero-order valence-corrected chi connectivity index (χ0v) is 14.5. The van der Waals surface area contributed by atoms with Gasteiger partial charge in [0.2, 0.25) is 0 Å². The van der Waals surface area contributed by atoms with Gasteiger partial charge in [-0.1, -0.05) is 30.5 Å². The molecule has 126 valence electrons. The lowest BCUT2D eigenvalue weighted by molar-refractivity contribution is 0.111. The molecule has 0 amide bonds. The van der Waals surface area contributed by atoms with Crippen molar-refractivity contribution in [3.05, 3.63) is 52.6 Å². The molecule has 24 heavy (non-hydrogen) atoms. The monoisotopic (exact) mass is 344 g/mol. The molecule has 5 heteroatoms. The molecule has 2 atom stereocenters. The first kappa shape index (κ1) is 16.9. The predicted molar refractivity (Wildman–Crippen MR) is 93.8 cm³/mol. The van der Waals surface area contributed by atoms with E-state index in [2.05, 4.69) is 16.0 Å². The molecule has 0 aromatic carbocycles. The molecule has 2 heterocycles. The number of aryl methyl sites for hydroxylation is 1. The minimum absolute atomic E-state index is 0.345. The lowest BCUT2D eigenvalue weighted by Gasteiger charge is -2.32. The number of nitrogens with zero attached hydrogens (tertiary/aromatic N) is 2. The lowest BCUT2D eigenvalue weighted by Crippen LogP contribution is -2.24. The van der Waals surface area contributed by atoms with Gasteiger partial charge in [0, 0.05) is 11.9 Å². The van der Waals surface area contributed by atoms with Crippen molar-refractivity contribution in [3.63, 3.8) is 0 Å². The summed E-state index contributed by atoms with van der Waals surface area (Å²) in [6, 6.07) is 7.67. The van der Waals surface area contributed by atoms with Crippen LogP contribution in [0.3, 0.4) is 0 Å². The van der Waals surface area contributed by atoms with Gasteiger partial charge in [0.25, 0.3) is 0 Å². The molecule has 0 N–H and O–H groups in total. The predicted octanol–water partition coefficient (Wildman–Crippen LogP) is 4.60. The Morgan fingerprint density at radius 2 is 2.12 bits per heavy atom. The van der Waals surface area contributed by atoms with E-state index in [1.54, 1.807) is 6.20 Å². The Hall–Kier alpha value is -1.94. The van der Waals surface area contributed by atoms with E-state index >= 15 is 0 Å². The van der Waals surface area contributed by atoms with Gasteiger partial charge >= 0.3 is 0 Å². The van der Waals surface area contributed by atoms with Gasteiger partial charge in [0.15, 0.2) is 6.29 Å². The molecular weight excluding hydrogens is 324 g/mol. The highest BCUT2D eigenvalue weighted by Gasteiger charge is 2.29. The summed E-state index contributed by atoms with van der Waals surface area (Å²) in [7, 11) is 0. The number of hydrogen-bond acceptors (Lipinski definition) is 4. The van der Waals surface area contributed by atoms with E-state index in [0.717, 1.165) is 30.4 Å². The largest absolute Gasteiger partial charge is 0.491 e. The molecule has 2 aromatic rings. The third kappa shape index (κ3) is 3.75. The van der Waals surface area contributed by atoms with E-state index in [1.807, 2.05) is 25.1 Å². The van der Waals surface area contributed by atoms with Crippen LogP contribution in [0.5, 0.6) is 5.75 Å². The van der Waals surface area contributed by atoms with Crippen LogP contribution in [0.4, 0.5) is 0 Å². The summed E-state index contributed by atoms with van der Waals surface area (Å²) >= 11 is 6.30. The van der Waals surface area contributed by atoms with Crippen LogP contribution in [-0.2, 0) is 0 Å².